The third-order valence-electron chi connectivity index (χ3n) is 1.13. The van der Waals surface area contributed by atoms with Crippen molar-refractivity contribution >= 4 is 5.69 Å². The molecule has 0 aliphatic rings. The van der Waals surface area contributed by atoms with Gasteiger partial charge in [0.15, 0.2) is 0 Å². The van der Waals surface area contributed by atoms with Crippen molar-refractivity contribution in [1.82, 2.24) is 0 Å². The molecule has 1 rings (SSSR count). The molecule has 0 radical (unpaired) electrons. The van der Waals surface area contributed by atoms with Crippen LogP contribution in [0.25, 0.3) is 0 Å². The van der Waals surface area contributed by atoms with Crippen molar-refractivity contribution in [3.05, 3.63) is 24.3 Å². The Labute approximate surface area is 70.8 Å². The molecule has 3 N–H and O–H groups in total. The summed E-state index contributed by atoms with van der Waals surface area (Å²) < 4.78 is 4.96. The Hall–Kier alpha value is -0.540. The minimum atomic E-state index is 0. The second-order valence-corrected chi connectivity index (χ2v) is 1.85. The van der Waals surface area contributed by atoms with Gasteiger partial charge in [-0.2, -0.15) is 0 Å². The van der Waals surface area contributed by atoms with E-state index >= 15 is 0 Å². The highest BCUT2D eigenvalue weighted by Crippen LogP contribution is 2.11. The van der Waals surface area contributed by atoms with Crippen LogP contribution in [0.4, 0.5) is 5.69 Å². The summed E-state index contributed by atoms with van der Waals surface area (Å²) in [6, 6.07) is 7.64. The molecule has 56 valence electrons. The first-order valence-electron chi connectivity index (χ1n) is 2.79. The van der Waals surface area contributed by atoms with Crippen LogP contribution in [0.3, 0.4) is 0 Å². The van der Waals surface area contributed by atoms with Gasteiger partial charge in [0.1, 0.15) is 11.4 Å². The van der Waals surface area contributed by atoms with Gasteiger partial charge in [-0.15, -0.1) is 0 Å². The highest BCUT2D eigenvalue weighted by molar-refractivity contribution is 5.36. The average molecular weight is 204 g/mol. The number of rotatable bonds is 1. The van der Waals surface area contributed by atoms with Gasteiger partial charge in [-0.05, 0) is 12.1 Å². The van der Waals surface area contributed by atoms with Crippen molar-refractivity contribution in [3.8, 4) is 5.75 Å². The average Bonchev–Trinajstić information content (AvgIpc) is 1.88. The highest BCUT2D eigenvalue weighted by Gasteiger charge is 1.90. The third-order valence-corrected chi connectivity index (χ3v) is 1.13. The fourth-order valence-corrected chi connectivity index (χ4v) is 0.672. The molecule has 0 amide bonds. The Bertz CT molecular complexity index is 203. The predicted octanol–water partition coefficient (Wildman–Crippen LogP) is -2.43. The number of ether oxygens (including phenoxy) is 1. The van der Waals surface area contributed by atoms with E-state index in [1.807, 2.05) is 24.3 Å². The van der Waals surface area contributed by atoms with E-state index in [9.17, 15) is 0 Å². The monoisotopic (exact) mass is 203 g/mol. The molecule has 0 heterocycles. The molecular weight excluding hydrogens is 194 g/mol. The number of halogens is 1. The number of quaternary nitrogens is 1. The summed E-state index contributed by atoms with van der Waals surface area (Å²) in [4.78, 5) is 0. The number of hydrogen-bond donors (Lipinski definition) is 1. The van der Waals surface area contributed by atoms with Crippen LogP contribution < -0.4 is 27.5 Å². The van der Waals surface area contributed by atoms with E-state index in [2.05, 4.69) is 5.73 Å². The van der Waals surface area contributed by atoms with E-state index in [1.54, 1.807) is 7.11 Å². The van der Waals surface area contributed by atoms with Crippen molar-refractivity contribution in [1.29, 1.82) is 0 Å². The second kappa shape index (κ2) is 4.30. The molecule has 0 aliphatic heterocycles. The molecule has 1 aromatic rings. The molecule has 0 unspecified atom stereocenters. The normalized spacial score (nSPS) is 8.20. The van der Waals surface area contributed by atoms with Crippen LogP contribution in [0.5, 0.6) is 5.75 Å². The van der Waals surface area contributed by atoms with Crippen LogP contribution in [-0.4, -0.2) is 7.11 Å². The zero-order valence-corrected chi connectivity index (χ0v) is 7.39. The third kappa shape index (κ3) is 2.37. The van der Waals surface area contributed by atoms with Crippen LogP contribution in [0.15, 0.2) is 24.3 Å². The van der Waals surface area contributed by atoms with Gasteiger partial charge < -0.3 is 27.5 Å². The van der Waals surface area contributed by atoms with Gasteiger partial charge in [0.05, 0.1) is 7.11 Å². The van der Waals surface area contributed by atoms with E-state index in [4.69, 9.17) is 4.74 Å². The molecule has 0 aliphatic carbocycles. The fraction of sp³-hybridized carbons (Fsp3) is 0.143. The molecule has 0 atom stereocenters. The standard InChI is InChI=1S/C7H9NO.BrH/c1-9-7-4-2-3-6(8)5-7;/h2-5H,8H2,1H3;1H. The molecule has 3 heteroatoms. The Kier molecular flexibility index (Phi) is 4.07. The second-order valence-electron chi connectivity index (χ2n) is 1.85. The first-order valence-corrected chi connectivity index (χ1v) is 2.79. The van der Waals surface area contributed by atoms with E-state index in [1.165, 1.54) is 0 Å². The number of methoxy groups -OCH3 is 1. The Morgan fingerprint density at radius 1 is 1.40 bits per heavy atom. The van der Waals surface area contributed by atoms with E-state index in [-0.39, 0.29) is 17.0 Å². The molecule has 2 nitrogen and oxygen atoms in total. The van der Waals surface area contributed by atoms with Crippen LogP contribution >= 0.6 is 0 Å². The summed E-state index contributed by atoms with van der Waals surface area (Å²) in [6.45, 7) is 0. The summed E-state index contributed by atoms with van der Waals surface area (Å²) in [5.74, 6) is 0.863. The molecule has 0 saturated heterocycles. The topological polar surface area (TPSA) is 36.9 Å². The van der Waals surface area contributed by atoms with Crippen molar-refractivity contribution in [2.45, 2.75) is 0 Å². The van der Waals surface area contributed by atoms with Crippen LogP contribution in [0.1, 0.15) is 0 Å². The van der Waals surface area contributed by atoms with Gasteiger partial charge >= 0.3 is 0 Å². The van der Waals surface area contributed by atoms with E-state index in [0.717, 1.165) is 11.4 Å². The smallest absolute Gasteiger partial charge is 0.131 e. The SMILES string of the molecule is COc1cccc([NH3+])c1.[Br-]. The largest absolute Gasteiger partial charge is 1.00 e. The van der Waals surface area contributed by atoms with E-state index in [0.29, 0.717) is 0 Å². The maximum Gasteiger partial charge on any atom is 0.131 e. The maximum absolute atomic E-state index is 4.96. The van der Waals surface area contributed by atoms with Gasteiger partial charge in [-0.25, -0.2) is 0 Å². The number of hydrogen-bond acceptors (Lipinski definition) is 1. The zero-order valence-electron chi connectivity index (χ0n) is 5.80. The van der Waals surface area contributed by atoms with Gasteiger partial charge in [-0.3, -0.25) is 0 Å². The quantitative estimate of drug-likeness (QED) is 0.542. The van der Waals surface area contributed by atoms with Crippen LogP contribution in [0.2, 0.25) is 0 Å². The Balaban J connectivity index is 0.000000810. The summed E-state index contributed by atoms with van der Waals surface area (Å²) >= 11 is 0. The maximum atomic E-state index is 4.96. The Morgan fingerprint density at radius 3 is 2.50 bits per heavy atom. The summed E-state index contributed by atoms with van der Waals surface area (Å²) in [7, 11) is 1.65. The predicted molar refractivity (Wildman–Crippen MR) is 35.5 cm³/mol. The first-order chi connectivity index (χ1) is 4.33. The molecule has 0 saturated carbocycles. The molecule has 0 aromatic heterocycles. The fourth-order valence-electron chi connectivity index (χ4n) is 0.672. The molecule has 0 fully saturated rings. The summed E-state index contributed by atoms with van der Waals surface area (Å²) in [5, 5.41) is 0. The van der Waals surface area contributed by atoms with Crippen molar-refractivity contribution in [2.75, 3.05) is 7.11 Å². The van der Waals surface area contributed by atoms with E-state index < -0.39 is 0 Å². The lowest BCUT2D eigenvalue weighted by atomic mass is 10.3. The molecule has 1 aromatic carbocycles. The number of benzene rings is 1. The van der Waals surface area contributed by atoms with Crippen molar-refractivity contribution in [3.63, 3.8) is 0 Å². The van der Waals surface area contributed by atoms with Crippen molar-refractivity contribution in [2.24, 2.45) is 0 Å². The molecule has 0 bridgehead atoms. The highest BCUT2D eigenvalue weighted by atomic mass is 79.9. The summed E-state index contributed by atoms with van der Waals surface area (Å²) in [5.41, 5.74) is 4.73. The lowest BCUT2D eigenvalue weighted by Gasteiger charge is -1.95. The molecule has 10 heavy (non-hydrogen) atoms. The minimum absolute atomic E-state index is 0. The van der Waals surface area contributed by atoms with Gasteiger partial charge in [-0.1, -0.05) is 6.07 Å². The molecular formula is C7H10BrNO. The Morgan fingerprint density at radius 2 is 2.10 bits per heavy atom. The molecule has 0 spiro atoms. The lowest BCUT2D eigenvalue weighted by Crippen LogP contribution is -3.00. The zero-order chi connectivity index (χ0) is 6.69. The van der Waals surface area contributed by atoms with Gasteiger partial charge in [0.25, 0.3) is 0 Å². The van der Waals surface area contributed by atoms with Crippen LogP contribution in [-0.2, 0) is 0 Å². The first kappa shape index (κ1) is 9.46. The summed E-state index contributed by atoms with van der Waals surface area (Å²) in [6.07, 6.45) is 0. The van der Waals surface area contributed by atoms with Crippen LogP contribution in [0, 0.1) is 0 Å². The lowest BCUT2D eigenvalue weighted by molar-refractivity contribution is -0.254. The van der Waals surface area contributed by atoms with Gasteiger partial charge in [0, 0.05) is 6.07 Å². The van der Waals surface area contributed by atoms with Gasteiger partial charge in [0.2, 0.25) is 0 Å². The minimum Gasteiger partial charge on any atom is -1.00 e. The van der Waals surface area contributed by atoms with Crippen molar-refractivity contribution < 1.29 is 27.5 Å².